The zero-order valence-corrected chi connectivity index (χ0v) is 22.7. The van der Waals surface area contributed by atoms with Crippen LogP contribution in [0.25, 0.3) is 44.2 Å². The molecule has 7 nitrogen and oxygen atoms in total. The molecule has 38 heavy (non-hydrogen) atoms. The summed E-state index contributed by atoms with van der Waals surface area (Å²) in [4.78, 5) is 2.51. The van der Waals surface area contributed by atoms with Crippen LogP contribution in [0.5, 0.6) is 5.75 Å². The Morgan fingerprint density at radius 2 is 1.82 bits per heavy atom. The molecule has 1 atom stereocenters. The number of likely N-dealkylation sites (N-methyl/N-ethyl adjacent to an activating group) is 1. The molecule has 5 aromatic rings. The van der Waals surface area contributed by atoms with E-state index in [9.17, 15) is 0 Å². The molecule has 1 aliphatic rings. The van der Waals surface area contributed by atoms with Crippen molar-refractivity contribution in [3.63, 3.8) is 0 Å². The van der Waals surface area contributed by atoms with Crippen LogP contribution >= 0.6 is 0 Å². The van der Waals surface area contributed by atoms with E-state index in [1.807, 2.05) is 10.9 Å². The van der Waals surface area contributed by atoms with Crippen molar-refractivity contribution < 1.29 is 4.74 Å². The fourth-order valence-electron chi connectivity index (χ4n) is 5.54. The first kappa shape index (κ1) is 24.6. The van der Waals surface area contributed by atoms with E-state index < -0.39 is 0 Å². The Hall–Kier alpha value is -3.71. The number of aromatic nitrogens is 5. The van der Waals surface area contributed by atoms with Crippen molar-refractivity contribution in [3.05, 3.63) is 60.8 Å². The van der Waals surface area contributed by atoms with Crippen molar-refractivity contribution in [1.82, 2.24) is 30.1 Å². The maximum atomic E-state index is 6.20. The Balaban J connectivity index is 1.25. The van der Waals surface area contributed by atoms with Gasteiger partial charge < -0.3 is 4.74 Å². The van der Waals surface area contributed by atoms with Gasteiger partial charge in [0.1, 0.15) is 18.1 Å². The molecule has 0 aliphatic carbocycles. The highest BCUT2D eigenvalue weighted by Crippen LogP contribution is 2.33. The Kier molecular flexibility index (Phi) is 6.40. The molecule has 2 aromatic heterocycles. The molecule has 1 N–H and O–H groups in total. The van der Waals surface area contributed by atoms with Gasteiger partial charge in [0.05, 0.1) is 17.4 Å². The summed E-state index contributed by atoms with van der Waals surface area (Å²) in [6.45, 7) is 12.7. The summed E-state index contributed by atoms with van der Waals surface area (Å²) in [6, 6.07) is 19.7. The van der Waals surface area contributed by atoms with Gasteiger partial charge in [0, 0.05) is 29.1 Å². The van der Waals surface area contributed by atoms with Crippen molar-refractivity contribution in [2.75, 3.05) is 19.7 Å². The van der Waals surface area contributed by atoms with E-state index in [2.05, 4.69) is 108 Å². The molecule has 6 rings (SSSR count). The first-order valence-electron chi connectivity index (χ1n) is 13.7. The van der Waals surface area contributed by atoms with Crippen LogP contribution in [0.3, 0.4) is 0 Å². The number of aromatic amines is 1. The zero-order valence-electron chi connectivity index (χ0n) is 22.7. The molecular formula is C31H36N6O. The molecule has 0 spiro atoms. The van der Waals surface area contributed by atoms with Gasteiger partial charge in [0.25, 0.3) is 0 Å². The summed E-state index contributed by atoms with van der Waals surface area (Å²) in [7, 11) is 0. The number of rotatable bonds is 7. The number of benzene rings is 3. The zero-order chi connectivity index (χ0) is 26.3. The largest absolute Gasteiger partial charge is 0.492 e. The molecule has 3 heterocycles. The van der Waals surface area contributed by atoms with Crippen molar-refractivity contribution in [2.24, 2.45) is 5.41 Å². The smallest absolute Gasteiger partial charge is 0.120 e. The average Bonchev–Trinajstić information content (AvgIpc) is 3.65. The summed E-state index contributed by atoms with van der Waals surface area (Å²) >= 11 is 0. The molecule has 3 aromatic carbocycles. The second kappa shape index (κ2) is 9.87. The lowest BCUT2D eigenvalue weighted by atomic mass is 9.97. The van der Waals surface area contributed by atoms with Crippen molar-refractivity contribution in [3.8, 4) is 28.3 Å². The highest BCUT2D eigenvalue weighted by Gasteiger charge is 2.23. The quantitative estimate of drug-likeness (QED) is 0.270. The fourth-order valence-corrected chi connectivity index (χ4v) is 5.54. The molecule has 1 aliphatic heterocycles. The molecule has 0 unspecified atom stereocenters. The van der Waals surface area contributed by atoms with Crippen LogP contribution in [0.2, 0.25) is 0 Å². The highest BCUT2D eigenvalue weighted by atomic mass is 16.5. The number of ether oxygens (including phenoxy) is 1. The molecule has 196 valence electrons. The highest BCUT2D eigenvalue weighted by molar-refractivity contribution is 5.98. The predicted octanol–water partition coefficient (Wildman–Crippen LogP) is 6.55. The molecule has 1 saturated heterocycles. The van der Waals surface area contributed by atoms with Crippen LogP contribution in [-0.4, -0.2) is 55.8 Å². The number of hydrogen-bond donors (Lipinski definition) is 1. The number of hydrogen-bond acceptors (Lipinski definition) is 5. The van der Waals surface area contributed by atoms with Gasteiger partial charge in [-0.2, -0.15) is 5.10 Å². The van der Waals surface area contributed by atoms with Gasteiger partial charge in [0.2, 0.25) is 0 Å². The van der Waals surface area contributed by atoms with Gasteiger partial charge in [-0.1, -0.05) is 57.2 Å². The first-order chi connectivity index (χ1) is 18.4. The molecule has 0 radical (unpaired) electrons. The Labute approximate surface area is 223 Å². The second-order valence-electron chi connectivity index (χ2n) is 11.7. The molecule has 0 amide bonds. The Bertz CT molecular complexity index is 1580. The fraction of sp³-hybridized carbons (Fsp3) is 0.387. The normalized spacial score (nSPS) is 16.6. The molecule has 1 fully saturated rings. The van der Waals surface area contributed by atoms with Gasteiger partial charge in [-0.15, -0.1) is 5.10 Å². The van der Waals surface area contributed by atoms with E-state index in [1.165, 1.54) is 30.2 Å². The lowest BCUT2D eigenvalue weighted by molar-refractivity contribution is 0.179. The van der Waals surface area contributed by atoms with E-state index in [0.717, 1.165) is 58.9 Å². The minimum Gasteiger partial charge on any atom is -0.492 e. The van der Waals surface area contributed by atoms with Gasteiger partial charge in [-0.3, -0.25) is 14.7 Å². The lowest BCUT2D eigenvalue weighted by Gasteiger charge is -2.22. The van der Waals surface area contributed by atoms with Crippen LogP contribution in [0.15, 0.2) is 60.8 Å². The van der Waals surface area contributed by atoms with Crippen LogP contribution in [0.4, 0.5) is 0 Å². The third-order valence-corrected chi connectivity index (χ3v) is 7.47. The lowest BCUT2D eigenvalue weighted by Crippen LogP contribution is -2.33. The van der Waals surface area contributed by atoms with E-state index in [0.29, 0.717) is 6.04 Å². The van der Waals surface area contributed by atoms with E-state index >= 15 is 0 Å². The van der Waals surface area contributed by atoms with Crippen molar-refractivity contribution in [1.29, 1.82) is 0 Å². The summed E-state index contributed by atoms with van der Waals surface area (Å²) in [5, 5.41) is 20.0. The maximum absolute atomic E-state index is 6.20. The second-order valence-corrected chi connectivity index (χ2v) is 11.7. The minimum atomic E-state index is 0.141. The van der Waals surface area contributed by atoms with Gasteiger partial charge in [0.15, 0.2) is 0 Å². The van der Waals surface area contributed by atoms with Crippen molar-refractivity contribution in [2.45, 2.75) is 53.1 Å². The van der Waals surface area contributed by atoms with E-state index in [4.69, 9.17) is 4.74 Å². The predicted molar refractivity (Wildman–Crippen MR) is 153 cm³/mol. The number of nitrogens with zero attached hydrogens (tertiary/aromatic N) is 5. The first-order valence-corrected chi connectivity index (χ1v) is 13.7. The van der Waals surface area contributed by atoms with Crippen LogP contribution in [0, 0.1) is 5.41 Å². The summed E-state index contributed by atoms with van der Waals surface area (Å²) in [5.41, 5.74) is 5.06. The van der Waals surface area contributed by atoms with Crippen LogP contribution in [-0.2, 0) is 6.54 Å². The topological polar surface area (TPSA) is 71.9 Å². The number of nitrogens with one attached hydrogen (secondary N) is 1. The Morgan fingerprint density at radius 1 is 1.00 bits per heavy atom. The molecule has 0 saturated carbocycles. The number of H-pyrrole nitrogens is 1. The van der Waals surface area contributed by atoms with Gasteiger partial charge >= 0.3 is 0 Å². The summed E-state index contributed by atoms with van der Waals surface area (Å²) in [6.07, 6.45) is 4.51. The van der Waals surface area contributed by atoms with Crippen LogP contribution in [0.1, 0.15) is 40.5 Å². The SMILES string of the molecule is CCN1CCC[C@H]1COc1ccc2cc(-c3n[nH]c4ccc(-c5cn(CC(C)(C)C)nn5)cc34)ccc2c1. The minimum absolute atomic E-state index is 0.141. The maximum Gasteiger partial charge on any atom is 0.120 e. The monoisotopic (exact) mass is 508 g/mol. The van der Waals surface area contributed by atoms with E-state index in [1.54, 1.807) is 0 Å². The molecule has 0 bridgehead atoms. The molecular weight excluding hydrogens is 472 g/mol. The van der Waals surface area contributed by atoms with Gasteiger partial charge in [-0.25, -0.2) is 0 Å². The summed E-state index contributed by atoms with van der Waals surface area (Å²) in [5.74, 6) is 0.933. The third-order valence-electron chi connectivity index (χ3n) is 7.47. The third kappa shape index (κ3) is 5.03. The standard InChI is InChI=1S/C31H36N6O/c1-5-36-14-6-7-25(36)19-38-26-12-10-21-15-24(9-8-22(21)16-26)30-27-17-23(11-13-28(27)32-34-30)29-18-37(35-33-29)20-31(2,3)4/h8-13,15-18,25H,5-7,14,19-20H2,1-4H3,(H,32,34)/t25-/m0/s1. The van der Waals surface area contributed by atoms with Gasteiger partial charge in [-0.05, 0) is 72.5 Å². The number of fused-ring (bicyclic) bond motifs is 2. The van der Waals surface area contributed by atoms with E-state index in [-0.39, 0.29) is 5.41 Å². The Morgan fingerprint density at radius 3 is 2.66 bits per heavy atom. The summed E-state index contributed by atoms with van der Waals surface area (Å²) < 4.78 is 8.12. The number of likely N-dealkylation sites (tertiary alicyclic amines) is 1. The van der Waals surface area contributed by atoms with Crippen LogP contribution < -0.4 is 4.74 Å². The van der Waals surface area contributed by atoms with Crippen molar-refractivity contribution >= 4 is 21.7 Å². The molecule has 7 heteroatoms. The average molecular weight is 509 g/mol.